The van der Waals surface area contributed by atoms with Crippen molar-refractivity contribution in [3.63, 3.8) is 0 Å². The molecule has 2 aliphatic heterocycles. The highest BCUT2D eigenvalue weighted by molar-refractivity contribution is 7.10. The van der Waals surface area contributed by atoms with E-state index in [4.69, 9.17) is 0 Å². The summed E-state index contributed by atoms with van der Waals surface area (Å²) in [6.07, 6.45) is 7.06. The van der Waals surface area contributed by atoms with E-state index in [1.165, 1.54) is 11.3 Å². The number of hydrogen-bond acceptors (Lipinski definition) is 4. The Morgan fingerprint density at radius 2 is 1.97 bits per heavy atom. The van der Waals surface area contributed by atoms with E-state index in [-0.39, 0.29) is 17.6 Å². The molecule has 1 atom stereocenters. The van der Waals surface area contributed by atoms with Gasteiger partial charge in [0.2, 0.25) is 0 Å². The first kappa shape index (κ1) is 28.4. The largest absolute Gasteiger partial charge is 0.416 e. The van der Waals surface area contributed by atoms with Gasteiger partial charge in [-0.3, -0.25) is 9.59 Å². The normalized spacial score (nSPS) is 17.4. The summed E-state index contributed by atoms with van der Waals surface area (Å²) in [5.41, 5.74) is 2.36. The maximum absolute atomic E-state index is 13.7. The molecular formula is C30H32F3N3O2S. The number of hydrogen-bond donors (Lipinski definition) is 1. The van der Waals surface area contributed by atoms with E-state index < -0.39 is 17.6 Å². The third-order valence-electron chi connectivity index (χ3n) is 6.82. The summed E-state index contributed by atoms with van der Waals surface area (Å²) in [6.45, 7) is 10.3. The first-order valence-corrected chi connectivity index (χ1v) is 13.9. The number of fused-ring (bicyclic) bond motifs is 1. The summed E-state index contributed by atoms with van der Waals surface area (Å²) in [7, 11) is 0. The molecule has 3 heterocycles. The Morgan fingerprint density at radius 3 is 2.64 bits per heavy atom. The quantitative estimate of drug-likeness (QED) is 0.358. The van der Waals surface area contributed by atoms with Crippen LogP contribution in [-0.4, -0.2) is 28.2 Å². The molecule has 39 heavy (non-hydrogen) atoms. The molecule has 0 fully saturated rings. The highest BCUT2D eigenvalue weighted by Crippen LogP contribution is 2.38. The Balaban J connectivity index is 1.56. The van der Waals surface area contributed by atoms with Gasteiger partial charge in [0.25, 0.3) is 11.8 Å². The number of anilines is 1. The zero-order valence-corrected chi connectivity index (χ0v) is 23.1. The van der Waals surface area contributed by atoms with Gasteiger partial charge in [-0.1, -0.05) is 39.0 Å². The lowest BCUT2D eigenvalue weighted by Crippen LogP contribution is -2.42. The molecule has 0 spiro atoms. The number of rotatable bonds is 7. The van der Waals surface area contributed by atoms with Gasteiger partial charge in [-0.25, -0.2) is 0 Å². The van der Waals surface area contributed by atoms with Gasteiger partial charge in [0, 0.05) is 34.4 Å². The van der Waals surface area contributed by atoms with E-state index in [0.717, 1.165) is 22.6 Å². The van der Waals surface area contributed by atoms with E-state index in [2.05, 4.69) is 11.9 Å². The van der Waals surface area contributed by atoms with Crippen LogP contribution >= 0.6 is 11.3 Å². The van der Waals surface area contributed by atoms with Gasteiger partial charge in [-0.05, 0) is 67.7 Å². The maximum Gasteiger partial charge on any atom is 0.416 e. The number of benzene rings is 1. The monoisotopic (exact) mass is 555 g/mol. The zero-order chi connectivity index (χ0) is 28.3. The fourth-order valence-corrected chi connectivity index (χ4v) is 6.12. The van der Waals surface area contributed by atoms with E-state index in [9.17, 15) is 22.8 Å². The highest BCUT2D eigenvalue weighted by atomic mass is 32.1. The number of thiophene rings is 1. The molecule has 4 rings (SSSR count). The molecule has 1 unspecified atom stereocenters. The van der Waals surface area contributed by atoms with Crippen LogP contribution in [0, 0.1) is 0 Å². The predicted molar refractivity (Wildman–Crippen MR) is 149 cm³/mol. The van der Waals surface area contributed by atoms with Crippen molar-refractivity contribution in [2.24, 2.45) is 0 Å². The number of nitrogens with one attached hydrogen (secondary N) is 1. The fourth-order valence-electron chi connectivity index (χ4n) is 4.94. The molecule has 1 aromatic heterocycles. The van der Waals surface area contributed by atoms with Gasteiger partial charge < -0.3 is 15.1 Å². The number of alkyl halides is 3. The van der Waals surface area contributed by atoms with E-state index >= 15 is 0 Å². The first-order valence-electron chi connectivity index (χ1n) is 13.0. The lowest BCUT2D eigenvalue weighted by atomic mass is 9.97. The number of allylic oxidation sites excluding steroid dienone is 4. The number of carbonyl (C=O) groups is 2. The van der Waals surface area contributed by atoms with Crippen molar-refractivity contribution < 1.29 is 22.8 Å². The minimum absolute atomic E-state index is 0.122. The maximum atomic E-state index is 13.7. The standard InChI is InChI=1S/C30H32F3N3O2S/c1-5-9-21-15-22(30(31,32)33)17-23(16-21)34-28(37)25-18-39-27-20(4)36(14-12-24(25)27)29(38)26(10-6-2)35-13-8-7-11-19(35)3/h7-8,10-11,13,15-18,20H,3,5-6,9,12,14H2,1-2,4H3,(H,34,37)/b26-10-. The van der Waals surface area contributed by atoms with E-state index in [0.29, 0.717) is 54.7 Å². The summed E-state index contributed by atoms with van der Waals surface area (Å²) in [4.78, 5) is 31.4. The lowest BCUT2D eigenvalue weighted by molar-refractivity contribution is -0.137. The molecule has 2 aromatic rings. The number of halogens is 3. The van der Waals surface area contributed by atoms with Crippen molar-refractivity contribution in [3.05, 3.63) is 99.2 Å². The first-order chi connectivity index (χ1) is 18.5. The van der Waals surface area contributed by atoms with Crippen LogP contribution in [0.1, 0.15) is 71.6 Å². The minimum atomic E-state index is -4.51. The number of nitrogens with zero attached hydrogens (tertiary/aromatic N) is 2. The Hall–Kier alpha value is -3.59. The number of aryl methyl sites for hydroxylation is 1. The van der Waals surface area contributed by atoms with Gasteiger partial charge in [-0.2, -0.15) is 13.2 Å². The van der Waals surface area contributed by atoms with Crippen molar-refractivity contribution in [2.45, 2.75) is 58.7 Å². The molecular weight excluding hydrogens is 523 g/mol. The molecule has 1 aromatic carbocycles. The second-order valence-corrected chi connectivity index (χ2v) is 10.5. The summed E-state index contributed by atoms with van der Waals surface area (Å²) in [6, 6.07) is 3.43. The number of carbonyl (C=O) groups excluding carboxylic acids is 2. The van der Waals surface area contributed by atoms with Crippen LogP contribution in [0.5, 0.6) is 0 Å². The molecule has 0 radical (unpaired) electrons. The summed E-state index contributed by atoms with van der Waals surface area (Å²) in [5.74, 6) is -0.572. The van der Waals surface area contributed by atoms with Crippen LogP contribution in [0.25, 0.3) is 0 Å². The van der Waals surface area contributed by atoms with E-state index in [1.807, 2.05) is 51.3 Å². The Bertz CT molecular complexity index is 1370. The molecule has 0 saturated carbocycles. The second kappa shape index (κ2) is 11.7. The highest BCUT2D eigenvalue weighted by Gasteiger charge is 2.35. The molecule has 0 bridgehead atoms. The smallest absolute Gasteiger partial charge is 0.329 e. The Labute approximate surface area is 231 Å². The van der Waals surface area contributed by atoms with Gasteiger partial charge >= 0.3 is 6.18 Å². The van der Waals surface area contributed by atoms with Crippen molar-refractivity contribution in [1.82, 2.24) is 9.80 Å². The van der Waals surface area contributed by atoms with Crippen molar-refractivity contribution in [3.8, 4) is 0 Å². The van der Waals surface area contributed by atoms with Gasteiger partial charge in [-0.15, -0.1) is 11.3 Å². The minimum Gasteiger partial charge on any atom is -0.329 e. The molecule has 2 aliphatic rings. The predicted octanol–water partition coefficient (Wildman–Crippen LogP) is 7.61. The summed E-state index contributed by atoms with van der Waals surface area (Å²) in [5, 5.41) is 4.42. The zero-order valence-electron chi connectivity index (χ0n) is 22.3. The van der Waals surface area contributed by atoms with Crippen LogP contribution in [0.2, 0.25) is 0 Å². The molecule has 0 aliphatic carbocycles. The van der Waals surface area contributed by atoms with Gasteiger partial charge in [0.15, 0.2) is 0 Å². The fraction of sp³-hybridized carbons (Fsp3) is 0.333. The average molecular weight is 556 g/mol. The van der Waals surface area contributed by atoms with Crippen molar-refractivity contribution >= 4 is 28.8 Å². The van der Waals surface area contributed by atoms with Crippen LogP contribution in [0.15, 0.2) is 72.1 Å². The summed E-state index contributed by atoms with van der Waals surface area (Å²) < 4.78 is 40.4. The molecule has 1 N–H and O–H groups in total. The lowest BCUT2D eigenvalue weighted by Gasteiger charge is -2.36. The number of amides is 2. The summed E-state index contributed by atoms with van der Waals surface area (Å²) >= 11 is 1.39. The Morgan fingerprint density at radius 1 is 1.21 bits per heavy atom. The molecule has 9 heteroatoms. The topological polar surface area (TPSA) is 52.7 Å². The third kappa shape index (κ3) is 6.03. The molecule has 0 saturated heterocycles. The molecule has 206 valence electrons. The van der Waals surface area contributed by atoms with Crippen LogP contribution < -0.4 is 5.32 Å². The molecule has 2 amide bonds. The van der Waals surface area contributed by atoms with Crippen molar-refractivity contribution in [1.29, 1.82) is 0 Å². The van der Waals surface area contributed by atoms with Gasteiger partial charge in [0.05, 0.1) is 17.2 Å². The van der Waals surface area contributed by atoms with Gasteiger partial charge in [0.1, 0.15) is 5.70 Å². The second-order valence-electron chi connectivity index (χ2n) is 9.60. The Kier molecular flexibility index (Phi) is 8.49. The SMILES string of the molecule is C=C1C=CC=CN1/C(=C\CC)C(=O)N1CCc2c(C(=O)Nc3cc(CCC)cc(C(F)(F)F)c3)csc2C1C. The average Bonchev–Trinajstić information content (AvgIpc) is 3.33. The van der Waals surface area contributed by atoms with Crippen molar-refractivity contribution in [2.75, 3.05) is 11.9 Å². The van der Waals surface area contributed by atoms with Crippen LogP contribution in [0.4, 0.5) is 18.9 Å². The van der Waals surface area contributed by atoms with Crippen LogP contribution in [0.3, 0.4) is 0 Å². The molecule has 5 nitrogen and oxygen atoms in total. The van der Waals surface area contributed by atoms with Crippen LogP contribution in [-0.2, 0) is 23.8 Å². The van der Waals surface area contributed by atoms with E-state index in [1.54, 1.807) is 21.2 Å². The third-order valence-corrected chi connectivity index (χ3v) is 8.01.